The summed E-state index contributed by atoms with van der Waals surface area (Å²) in [6.07, 6.45) is 7.30. The molecule has 3 rings (SSSR count). The molecule has 0 saturated carbocycles. The van der Waals surface area contributed by atoms with Crippen LogP contribution in [0.5, 0.6) is 0 Å². The predicted octanol–water partition coefficient (Wildman–Crippen LogP) is 0.531. The molecule has 3 heterocycles. The normalized spacial score (nSPS) is 19.0. The van der Waals surface area contributed by atoms with Crippen molar-refractivity contribution in [3.63, 3.8) is 0 Å². The van der Waals surface area contributed by atoms with Gasteiger partial charge in [0.05, 0.1) is 19.3 Å². The molecule has 1 amide bonds. The molecule has 1 aliphatic rings. The quantitative estimate of drug-likeness (QED) is 0.827. The predicted molar refractivity (Wildman–Crippen MR) is 76.4 cm³/mol. The molecule has 1 atom stereocenters. The molecule has 112 valence electrons. The van der Waals surface area contributed by atoms with Crippen molar-refractivity contribution in [1.82, 2.24) is 24.0 Å². The van der Waals surface area contributed by atoms with Gasteiger partial charge in [0.15, 0.2) is 11.6 Å². The lowest BCUT2D eigenvalue weighted by atomic mass is 10.2. The maximum atomic E-state index is 11.5. The fourth-order valence-electron chi connectivity index (χ4n) is 2.58. The van der Waals surface area contributed by atoms with Gasteiger partial charge in [-0.25, -0.2) is 9.97 Å². The average molecular weight is 289 g/mol. The SMILES string of the molecule is CC(=O)N1CCOC(Cn2ccnc2-c2nccn2C)C1. The lowest BCUT2D eigenvalue weighted by Gasteiger charge is -2.32. The highest BCUT2D eigenvalue weighted by molar-refractivity contribution is 5.73. The Balaban J connectivity index is 1.76. The van der Waals surface area contributed by atoms with Crippen LogP contribution >= 0.6 is 0 Å². The number of rotatable bonds is 3. The minimum Gasteiger partial charge on any atom is -0.373 e. The van der Waals surface area contributed by atoms with Gasteiger partial charge in [0, 0.05) is 51.8 Å². The zero-order valence-corrected chi connectivity index (χ0v) is 12.3. The molecule has 0 aliphatic carbocycles. The first-order valence-electron chi connectivity index (χ1n) is 7.01. The maximum Gasteiger partial charge on any atom is 0.219 e. The number of morpholine rings is 1. The Hall–Kier alpha value is -2.15. The number of nitrogens with zero attached hydrogens (tertiary/aromatic N) is 5. The van der Waals surface area contributed by atoms with E-state index in [1.165, 1.54) is 0 Å². The van der Waals surface area contributed by atoms with Gasteiger partial charge in [-0.15, -0.1) is 0 Å². The maximum absolute atomic E-state index is 11.5. The largest absolute Gasteiger partial charge is 0.373 e. The molecule has 0 aromatic carbocycles. The Bertz CT molecular complexity index is 633. The van der Waals surface area contributed by atoms with E-state index in [1.54, 1.807) is 19.3 Å². The summed E-state index contributed by atoms with van der Waals surface area (Å²) in [6, 6.07) is 0. The standard InChI is InChI=1S/C14H19N5O2/c1-11(20)18-7-8-21-12(9-18)10-19-6-4-16-14(19)13-15-3-5-17(13)2/h3-6,12H,7-10H2,1-2H3. The van der Waals surface area contributed by atoms with Gasteiger partial charge in [-0.05, 0) is 0 Å². The second-order valence-electron chi connectivity index (χ2n) is 5.22. The van der Waals surface area contributed by atoms with Gasteiger partial charge < -0.3 is 18.8 Å². The number of amides is 1. The van der Waals surface area contributed by atoms with Gasteiger partial charge in [0.1, 0.15) is 0 Å². The van der Waals surface area contributed by atoms with Crippen LogP contribution in [0, 0.1) is 0 Å². The van der Waals surface area contributed by atoms with Crippen LogP contribution < -0.4 is 0 Å². The molecule has 0 radical (unpaired) electrons. The zero-order valence-electron chi connectivity index (χ0n) is 12.3. The van der Waals surface area contributed by atoms with E-state index < -0.39 is 0 Å². The van der Waals surface area contributed by atoms with E-state index in [2.05, 4.69) is 9.97 Å². The first-order chi connectivity index (χ1) is 10.1. The number of carbonyl (C=O) groups is 1. The molecule has 1 saturated heterocycles. The van der Waals surface area contributed by atoms with Crippen LogP contribution in [0.3, 0.4) is 0 Å². The molecular weight excluding hydrogens is 270 g/mol. The fourth-order valence-corrected chi connectivity index (χ4v) is 2.58. The Kier molecular flexibility index (Phi) is 3.74. The van der Waals surface area contributed by atoms with E-state index in [1.807, 2.05) is 33.5 Å². The van der Waals surface area contributed by atoms with Crippen molar-refractivity contribution < 1.29 is 9.53 Å². The number of ether oxygens (including phenoxy) is 1. The van der Waals surface area contributed by atoms with E-state index >= 15 is 0 Å². The van der Waals surface area contributed by atoms with Crippen LogP contribution in [0.25, 0.3) is 11.6 Å². The van der Waals surface area contributed by atoms with Gasteiger partial charge in [-0.3, -0.25) is 4.79 Å². The third kappa shape index (κ3) is 2.82. The van der Waals surface area contributed by atoms with Gasteiger partial charge in [-0.2, -0.15) is 0 Å². The van der Waals surface area contributed by atoms with Gasteiger partial charge >= 0.3 is 0 Å². The van der Waals surface area contributed by atoms with Crippen molar-refractivity contribution in [3.8, 4) is 11.6 Å². The Labute approximate surface area is 123 Å². The van der Waals surface area contributed by atoms with E-state index in [9.17, 15) is 4.79 Å². The van der Waals surface area contributed by atoms with E-state index in [0.717, 1.165) is 11.6 Å². The first kappa shape index (κ1) is 13.8. The fraction of sp³-hybridized carbons (Fsp3) is 0.500. The average Bonchev–Trinajstić information content (AvgIpc) is 3.07. The summed E-state index contributed by atoms with van der Waals surface area (Å²) in [4.78, 5) is 22.0. The van der Waals surface area contributed by atoms with Crippen molar-refractivity contribution in [3.05, 3.63) is 24.8 Å². The molecule has 1 aliphatic heterocycles. The molecule has 2 aromatic heterocycles. The smallest absolute Gasteiger partial charge is 0.219 e. The van der Waals surface area contributed by atoms with Crippen molar-refractivity contribution in [2.75, 3.05) is 19.7 Å². The summed E-state index contributed by atoms with van der Waals surface area (Å²) < 4.78 is 9.72. The van der Waals surface area contributed by atoms with Crippen molar-refractivity contribution in [2.24, 2.45) is 7.05 Å². The molecule has 1 unspecified atom stereocenters. The summed E-state index contributed by atoms with van der Waals surface area (Å²) in [6.45, 7) is 4.12. The number of aryl methyl sites for hydroxylation is 1. The van der Waals surface area contributed by atoms with Gasteiger partial charge in [-0.1, -0.05) is 0 Å². The molecule has 0 bridgehead atoms. The highest BCUT2D eigenvalue weighted by Gasteiger charge is 2.23. The number of hydrogen-bond donors (Lipinski definition) is 0. The molecule has 7 heteroatoms. The van der Waals surface area contributed by atoms with Crippen LogP contribution in [0.4, 0.5) is 0 Å². The van der Waals surface area contributed by atoms with Crippen LogP contribution in [0.2, 0.25) is 0 Å². The highest BCUT2D eigenvalue weighted by Crippen LogP contribution is 2.16. The summed E-state index contributed by atoms with van der Waals surface area (Å²) in [7, 11) is 1.94. The molecule has 0 N–H and O–H groups in total. The molecule has 2 aromatic rings. The summed E-state index contributed by atoms with van der Waals surface area (Å²) in [5.41, 5.74) is 0. The lowest BCUT2D eigenvalue weighted by molar-refractivity contribution is -0.136. The van der Waals surface area contributed by atoms with E-state index in [0.29, 0.717) is 26.2 Å². The monoisotopic (exact) mass is 289 g/mol. The lowest BCUT2D eigenvalue weighted by Crippen LogP contribution is -2.46. The number of hydrogen-bond acceptors (Lipinski definition) is 4. The van der Waals surface area contributed by atoms with Crippen molar-refractivity contribution in [2.45, 2.75) is 19.6 Å². The molecule has 0 spiro atoms. The highest BCUT2D eigenvalue weighted by atomic mass is 16.5. The molecule has 1 fully saturated rings. The molecular formula is C14H19N5O2. The van der Waals surface area contributed by atoms with Gasteiger partial charge in [0.25, 0.3) is 0 Å². The third-order valence-corrected chi connectivity index (χ3v) is 3.72. The first-order valence-corrected chi connectivity index (χ1v) is 7.01. The number of aromatic nitrogens is 4. The molecule has 21 heavy (non-hydrogen) atoms. The number of imidazole rings is 2. The van der Waals surface area contributed by atoms with Gasteiger partial charge in [0.2, 0.25) is 5.91 Å². The topological polar surface area (TPSA) is 65.2 Å². The van der Waals surface area contributed by atoms with E-state index in [-0.39, 0.29) is 12.0 Å². The Morgan fingerprint density at radius 3 is 2.81 bits per heavy atom. The summed E-state index contributed by atoms with van der Waals surface area (Å²) in [5.74, 6) is 1.73. The van der Waals surface area contributed by atoms with Crippen LogP contribution in [-0.4, -0.2) is 55.7 Å². The summed E-state index contributed by atoms with van der Waals surface area (Å²) in [5, 5.41) is 0. The van der Waals surface area contributed by atoms with Crippen LogP contribution in [-0.2, 0) is 23.1 Å². The zero-order chi connectivity index (χ0) is 14.8. The van der Waals surface area contributed by atoms with Crippen molar-refractivity contribution in [1.29, 1.82) is 0 Å². The Morgan fingerprint density at radius 1 is 1.33 bits per heavy atom. The van der Waals surface area contributed by atoms with Crippen LogP contribution in [0.15, 0.2) is 24.8 Å². The third-order valence-electron chi connectivity index (χ3n) is 3.72. The Morgan fingerprint density at radius 2 is 2.10 bits per heavy atom. The minimum absolute atomic E-state index is 0.0177. The second kappa shape index (κ2) is 5.69. The summed E-state index contributed by atoms with van der Waals surface area (Å²) >= 11 is 0. The minimum atomic E-state index is -0.0177. The van der Waals surface area contributed by atoms with Crippen molar-refractivity contribution >= 4 is 5.91 Å². The second-order valence-corrected chi connectivity index (χ2v) is 5.22. The number of carbonyl (C=O) groups excluding carboxylic acids is 1. The molecule has 7 nitrogen and oxygen atoms in total. The van der Waals surface area contributed by atoms with Crippen LogP contribution in [0.1, 0.15) is 6.92 Å². The van der Waals surface area contributed by atoms with E-state index in [4.69, 9.17) is 4.74 Å².